The van der Waals surface area contributed by atoms with E-state index < -0.39 is 5.97 Å². The van der Waals surface area contributed by atoms with Gasteiger partial charge in [0.1, 0.15) is 6.42 Å². The van der Waals surface area contributed by atoms with Gasteiger partial charge in [0.05, 0.1) is 13.2 Å². The summed E-state index contributed by atoms with van der Waals surface area (Å²) in [5, 5.41) is 8.92. The number of ketones is 1. The zero-order valence-corrected chi connectivity index (χ0v) is 11.1. The van der Waals surface area contributed by atoms with E-state index in [-0.39, 0.29) is 18.8 Å². The van der Waals surface area contributed by atoms with Gasteiger partial charge in [0.25, 0.3) is 0 Å². The predicted octanol–water partition coefficient (Wildman–Crippen LogP) is 0.603. The second-order valence-corrected chi connectivity index (χ2v) is 4.78. The average molecular weight is 257 g/mol. The first-order valence-electron chi connectivity index (χ1n) is 6.66. The zero-order chi connectivity index (χ0) is 13.4. The summed E-state index contributed by atoms with van der Waals surface area (Å²) in [5.41, 5.74) is 0. The Hall–Kier alpha value is -0.940. The monoisotopic (exact) mass is 257 g/mol. The van der Waals surface area contributed by atoms with Gasteiger partial charge in [0.15, 0.2) is 5.78 Å². The molecular formula is C13H23NO4. The molecule has 0 amide bonds. The van der Waals surface area contributed by atoms with Crippen molar-refractivity contribution in [1.82, 2.24) is 4.90 Å². The highest BCUT2D eigenvalue weighted by molar-refractivity contribution is 5.96. The zero-order valence-electron chi connectivity index (χ0n) is 11.1. The van der Waals surface area contributed by atoms with Crippen LogP contribution >= 0.6 is 0 Å². The molecule has 0 aliphatic carbocycles. The molecule has 1 atom stereocenters. The minimum Gasteiger partial charge on any atom is -0.466 e. The number of rotatable bonds is 7. The van der Waals surface area contributed by atoms with Crippen LogP contribution in [0.15, 0.2) is 0 Å². The molecule has 0 radical (unpaired) electrons. The van der Waals surface area contributed by atoms with Crippen molar-refractivity contribution >= 4 is 11.8 Å². The van der Waals surface area contributed by atoms with E-state index in [2.05, 4.69) is 4.90 Å². The minimum atomic E-state index is -0.439. The lowest BCUT2D eigenvalue weighted by molar-refractivity contribution is -0.145. The number of aliphatic hydroxyl groups excluding tert-OH is 1. The Bertz CT molecular complexity index is 278. The lowest BCUT2D eigenvalue weighted by Crippen LogP contribution is -2.39. The van der Waals surface area contributed by atoms with E-state index in [1.807, 2.05) is 0 Å². The number of carbonyl (C=O) groups is 2. The van der Waals surface area contributed by atoms with Gasteiger partial charge in [-0.05, 0) is 38.6 Å². The Kier molecular flexibility index (Phi) is 6.90. The maximum atomic E-state index is 11.7. The largest absolute Gasteiger partial charge is 0.466 e. The highest BCUT2D eigenvalue weighted by Gasteiger charge is 2.22. The molecule has 104 valence electrons. The van der Waals surface area contributed by atoms with Crippen molar-refractivity contribution in [3.8, 4) is 0 Å². The number of piperidine rings is 1. The van der Waals surface area contributed by atoms with E-state index in [4.69, 9.17) is 9.84 Å². The Morgan fingerprint density at radius 1 is 1.44 bits per heavy atom. The van der Waals surface area contributed by atoms with Crippen LogP contribution in [-0.2, 0) is 14.3 Å². The first-order chi connectivity index (χ1) is 8.65. The molecule has 5 nitrogen and oxygen atoms in total. The minimum absolute atomic E-state index is 0.0851. The van der Waals surface area contributed by atoms with E-state index in [1.54, 1.807) is 6.92 Å². The molecule has 1 saturated heterocycles. The van der Waals surface area contributed by atoms with Gasteiger partial charge in [-0.2, -0.15) is 0 Å². The number of hydrogen-bond donors (Lipinski definition) is 1. The molecule has 0 aromatic carbocycles. The fraction of sp³-hybridized carbons (Fsp3) is 0.846. The number of likely N-dealkylation sites (tertiary alicyclic amines) is 1. The maximum Gasteiger partial charge on any atom is 0.313 e. The van der Waals surface area contributed by atoms with Crippen molar-refractivity contribution in [3.63, 3.8) is 0 Å². The third-order valence-electron chi connectivity index (χ3n) is 3.19. The van der Waals surface area contributed by atoms with Crippen molar-refractivity contribution in [2.24, 2.45) is 5.92 Å². The number of Topliss-reactive ketones (excluding diaryl/α,β-unsaturated/α-hetero) is 1. The fourth-order valence-corrected chi connectivity index (χ4v) is 2.39. The van der Waals surface area contributed by atoms with Crippen molar-refractivity contribution in [3.05, 3.63) is 0 Å². The summed E-state index contributed by atoms with van der Waals surface area (Å²) in [4.78, 5) is 24.9. The average Bonchev–Trinajstić information content (AvgIpc) is 2.29. The third kappa shape index (κ3) is 5.60. The number of carbonyl (C=O) groups excluding carboxylic acids is 2. The third-order valence-corrected chi connectivity index (χ3v) is 3.19. The van der Waals surface area contributed by atoms with Gasteiger partial charge in [0, 0.05) is 13.2 Å². The van der Waals surface area contributed by atoms with Gasteiger partial charge >= 0.3 is 5.97 Å². The van der Waals surface area contributed by atoms with Crippen molar-refractivity contribution in [2.75, 3.05) is 32.8 Å². The molecule has 0 saturated carbocycles. The Morgan fingerprint density at radius 3 is 2.89 bits per heavy atom. The van der Waals surface area contributed by atoms with E-state index in [9.17, 15) is 9.59 Å². The van der Waals surface area contributed by atoms with E-state index in [0.29, 0.717) is 19.1 Å². The molecule has 1 fully saturated rings. The standard InChI is InChI=1S/C13H23NO4/c1-2-18-13(17)8-12(16)10-14-6-3-4-11(9-14)5-7-15/h11,15H,2-10H2,1H3. The van der Waals surface area contributed by atoms with Crippen LogP contribution in [0.2, 0.25) is 0 Å². The normalized spacial score (nSPS) is 20.7. The number of hydrogen-bond acceptors (Lipinski definition) is 5. The van der Waals surface area contributed by atoms with Crippen molar-refractivity contribution < 1.29 is 19.4 Å². The summed E-state index contributed by atoms with van der Waals surface area (Å²) in [6.07, 6.45) is 2.83. The van der Waals surface area contributed by atoms with Gasteiger partial charge in [-0.3, -0.25) is 14.5 Å². The maximum absolute atomic E-state index is 11.7. The second kappa shape index (κ2) is 8.21. The van der Waals surface area contributed by atoms with Crippen LogP contribution in [0.4, 0.5) is 0 Å². The number of ether oxygens (including phenoxy) is 1. The fourth-order valence-electron chi connectivity index (χ4n) is 2.39. The molecule has 0 aromatic rings. The smallest absolute Gasteiger partial charge is 0.313 e. The SMILES string of the molecule is CCOC(=O)CC(=O)CN1CCCC(CCO)C1. The predicted molar refractivity (Wildman–Crippen MR) is 67.1 cm³/mol. The molecule has 1 rings (SSSR count). The summed E-state index contributed by atoms with van der Waals surface area (Å²) in [5.74, 6) is -0.0522. The summed E-state index contributed by atoms with van der Waals surface area (Å²) in [6, 6.07) is 0. The second-order valence-electron chi connectivity index (χ2n) is 4.78. The molecule has 18 heavy (non-hydrogen) atoms. The van der Waals surface area contributed by atoms with Gasteiger partial charge in [-0.25, -0.2) is 0 Å². The molecular weight excluding hydrogens is 234 g/mol. The number of esters is 1. The lowest BCUT2D eigenvalue weighted by Gasteiger charge is -2.31. The molecule has 0 aromatic heterocycles. The van der Waals surface area contributed by atoms with Crippen LogP contribution in [0, 0.1) is 5.92 Å². The molecule has 1 N–H and O–H groups in total. The molecule has 1 unspecified atom stereocenters. The molecule has 5 heteroatoms. The van der Waals surface area contributed by atoms with Crippen LogP contribution in [0.1, 0.15) is 32.6 Å². The Balaban J connectivity index is 2.28. The van der Waals surface area contributed by atoms with Gasteiger partial charge in [-0.15, -0.1) is 0 Å². The van der Waals surface area contributed by atoms with Crippen LogP contribution < -0.4 is 0 Å². The summed E-state index contributed by atoms with van der Waals surface area (Å²) < 4.78 is 4.75. The first-order valence-corrected chi connectivity index (χ1v) is 6.66. The van der Waals surface area contributed by atoms with Gasteiger partial charge in [0.2, 0.25) is 0 Å². The number of nitrogens with zero attached hydrogens (tertiary/aromatic N) is 1. The van der Waals surface area contributed by atoms with Crippen LogP contribution in [0.5, 0.6) is 0 Å². The number of aliphatic hydroxyl groups is 1. The van der Waals surface area contributed by atoms with Gasteiger partial charge in [-0.1, -0.05) is 0 Å². The van der Waals surface area contributed by atoms with E-state index in [0.717, 1.165) is 32.4 Å². The van der Waals surface area contributed by atoms with Gasteiger partial charge < -0.3 is 9.84 Å². The van der Waals surface area contributed by atoms with Crippen molar-refractivity contribution in [2.45, 2.75) is 32.6 Å². The summed E-state index contributed by atoms with van der Waals surface area (Å²) in [7, 11) is 0. The van der Waals surface area contributed by atoms with Crippen LogP contribution in [0.25, 0.3) is 0 Å². The quantitative estimate of drug-likeness (QED) is 0.534. The summed E-state index contributed by atoms with van der Waals surface area (Å²) in [6.45, 7) is 4.31. The molecule has 1 aliphatic rings. The molecule has 1 heterocycles. The molecule has 0 bridgehead atoms. The van der Waals surface area contributed by atoms with E-state index >= 15 is 0 Å². The van der Waals surface area contributed by atoms with Crippen molar-refractivity contribution in [1.29, 1.82) is 0 Å². The van der Waals surface area contributed by atoms with Crippen LogP contribution in [0.3, 0.4) is 0 Å². The first kappa shape index (κ1) is 15.1. The van der Waals surface area contributed by atoms with E-state index in [1.165, 1.54) is 0 Å². The lowest BCUT2D eigenvalue weighted by atomic mass is 9.95. The molecule has 1 aliphatic heterocycles. The topological polar surface area (TPSA) is 66.8 Å². The Labute approximate surface area is 108 Å². The summed E-state index contributed by atoms with van der Waals surface area (Å²) >= 11 is 0. The Morgan fingerprint density at radius 2 is 2.22 bits per heavy atom. The highest BCUT2D eigenvalue weighted by atomic mass is 16.5. The molecule has 0 spiro atoms. The highest BCUT2D eigenvalue weighted by Crippen LogP contribution is 2.19. The van der Waals surface area contributed by atoms with Crippen LogP contribution in [-0.4, -0.2) is 54.6 Å².